The van der Waals surface area contributed by atoms with Gasteiger partial charge in [0.05, 0.1) is 0 Å². The number of unbranched alkanes of at least 4 members (excludes halogenated alkanes) is 5. The van der Waals surface area contributed by atoms with Gasteiger partial charge in [-0.15, -0.1) is 0 Å². The average molecular weight is 744 g/mol. The molecule has 3 unspecified atom stereocenters. The molecule has 3 rings (SSSR count). The summed E-state index contributed by atoms with van der Waals surface area (Å²) < 4.78 is 11.3. The number of carbonyl (C=O) groups is 4. The smallest absolute Gasteiger partial charge is 0.408 e. The van der Waals surface area contributed by atoms with Gasteiger partial charge >= 0.3 is 12.1 Å². The van der Waals surface area contributed by atoms with E-state index in [0.717, 1.165) is 43.2 Å². The van der Waals surface area contributed by atoms with Crippen molar-refractivity contribution in [3.63, 3.8) is 0 Å². The van der Waals surface area contributed by atoms with Crippen molar-refractivity contribution < 1.29 is 33.8 Å². The van der Waals surface area contributed by atoms with Gasteiger partial charge in [-0.2, -0.15) is 0 Å². The molecule has 0 saturated carbocycles. The molecule has 54 heavy (non-hydrogen) atoms. The standard InChI is InChI=1S/C44H61N3O7/c1-9-10-11-12-13-20-28-47(40(50)35(29-32-23-16-14-17-24-32)46-42(52)54-44(6,7)8)37(34-27-21-22-31(2)38(34)48)39(49)45-36(41(51)53-43(3,4)5)30-33-25-18-15-19-26-33/h14-19,21-27,35-37,48H,9-13,20,28-30H2,1-8H3,(H,45,49)(H,46,52). The zero-order valence-electron chi connectivity index (χ0n) is 33.4. The largest absolute Gasteiger partial charge is 0.507 e. The fraction of sp³-hybridized carbons (Fsp3) is 0.500. The highest BCUT2D eigenvalue weighted by Gasteiger charge is 2.39. The summed E-state index contributed by atoms with van der Waals surface area (Å²) in [6.07, 6.45) is 5.01. The number of amides is 3. The summed E-state index contributed by atoms with van der Waals surface area (Å²) in [6.45, 7) is 14.5. The van der Waals surface area contributed by atoms with Crippen LogP contribution in [0.25, 0.3) is 0 Å². The number of alkyl carbamates (subject to hydrolysis) is 1. The molecule has 0 aromatic heterocycles. The minimum absolute atomic E-state index is 0.120. The Morgan fingerprint density at radius 3 is 1.78 bits per heavy atom. The number of hydrogen-bond donors (Lipinski definition) is 3. The van der Waals surface area contributed by atoms with Crippen LogP contribution in [0.2, 0.25) is 0 Å². The lowest BCUT2D eigenvalue weighted by Crippen LogP contribution is -2.55. The summed E-state index contributed by atoms with van der Waals surface area (Å²) in [5.41, 5.74) is 0.645. The number of ether oxygens (including phenoxy) is 2. The van der Waals surface area contributed by atoms with E-state index >= 15 is 4.79 Å². The molecule has 10 nitrogen and oxygen atoms in total. The van der Waals surface area contributed by atoms with Crippen LogP contribution in [0.15, 0.2) is 78.9 Å². The number of phenolic OH excluding ortho intramolecular Hbond substituents is 1. The summed E-state index contributed by atoms with van der Waals surface area (Å²) >= 11 is 0. The van der Waals surface area contributed by atoms with E-state index in [2.05, 4.69) is 17.6 Å². The summed E-state index contributed by atoms with van der Waals surface area (Å²) in [7, 11) is 0. The van der Waals surface area contributed by atoms with Crippen LogP contribution in [0, 0.1) is 6.92 Å². The number of carbonyl (C=O) groups excluding carboxylic acids is 4. The number of nitrogens with zero attached hydrogens (tertiary/aromatic N) is 1. The van der Waals surface area contributed by atoms with E-state index in [1.54, 1.807) is 66.7 Å². The number of para-hydroxylation sites is 1. The van der Waals surface area contributed by atoms with Crippen molar-refractivity contribution in [3.8, 4) is 5.75 Å². The van der Waals surface area contributed by atoms with Gasteiger partial charge in [-0.3, -0.25) is 9.59 Å². The van der Waals surface area contributed by atoms with Crippen LogP contribution in [-0.2, 0) is 36.7 Å². The van der Waals surface area contributed by atoms with Crippen LogP contribution in [-0.4, -0.2) is 63.7 Å². The van der Waals surface area contributed by atoms with Gasteiger partial charge in [0, 0.05) is 24.9 Å². The first kappa shape index (κ1) is 43.5. The maximum absolute atomic E-state index is 15.0. The molecule has 0 fully saturated rings. The number of hydrogen-bond acceptors (Lipinski definition) is 7. The topological polar surface area (TPSA) is 134 Å². The van der Waals surface area contributed by atoms with Gasteiger partial charge in [-0.25, -0.2) is 9.59 Å². The fourth-order valence-electron chi connectivity index (χ4n) is 6.15. The maximum atomic E-state index is 15.0. The number of aryl methyl sites for hydroxylation is 1. The van der Waals surface area contributed by atoms with Crippen molar-refractivity contribution >= 4 is 23.9 Å². The molecule has 0 heterocycles. The molecule has 0 spiro atoms. The summed E-state index contributed by atoms with van der Waals surface area (Å²) in [4.78, 5) is 58.3. The van der Waals surface area contributed by atoms with Crippen LogP contribution < -0.4 is 10.6 Å². The molecule has 0 bridgehead atoms. The molecular weight excluding hydrogens is 682 g/mol. The van der Waals surface area contributed by atoms with Crippen molar-refractivity contribution in [3.05, 3.63) is 101 Å². The molecule has 294 valence electrons. The molecule has 3 atom stereocenters. The third kappa shape index (κ3) is 14.5. The molecule has 3 aromatic carbocycles. The SMILES string of the molecule is CCCCCCCCN(C(=O)C(Cc1ccccc1)NC(=O)OC(C)(C)C)C(C(=O)NC(Cc1ccccc1)C(=O)OC(C)(C)C)c1cccc(C)c1O. The van der Waals surface area contributed by atoms with Gasteiger partial charge in [0.1, 0.15) is 35.1 Å². The molecule has 3 amide bonds. The number of esters is 1. The van der Waals surface area contributed by atoms with Crippen LogP contribution in [0.3, 0.4) is 0 Å². The van der Waals surface area contributed by atoms with E-state index in [1.807, 2.05) is 60.7 Å². The third-order valence-corrected chi connectivity index (χ3v) is 8.72. The molecule has 0 radical (unpaired) electrons. The van der Waals surface area contributed by atoms with Crippen LogP contribution in [0.5, 0.6) is 5.75 Å². The highest BCUT2D eigenvalue weighted by atomic mass is 16.6. The van der Waals surface area contributed by atoms with Crippen molar-refractivity contribution in [1.82, 2.24) is 15.5 Å². The normalized spacial score (nSPS) is 13.3. The maximum Gasteiger partial charge on any atom is 0.408 e. The quantitative estimate of drug-likeness (QED) is 0.0885. The number of rotatable bonds is 18. The minimum atomic E-state index is -1.37. The predicted octanol–water partition coefficient (Wildman–Crippen LogP) is 8.14. The van der Waals surface area contributed by atoms with E-state index < -0.39 is 53.2 Å². The molecular formula is C44H61N3O7. The lowest BCUT2D eigenvalue weighted by Gasteiger charge is -2.36. The number of nitrogens with one attached hydrogen (secondary N) is 2. The Labute approximate surface area is 322 Å². The molecule has 10 heteroatoms. The molecule has 0 aliphatic carbocycles. The average Bonchev–Trinajstić information content (AvgIpc) is 3.09. The van der Waals surface area contributed by atoms with Gasteiger partial charge in [-0.1, -0.05) is 118 Å². The van der Waals surface area contributed by atoms with Gasteiger partial charge in [0.25, 0.3) is 0 Å². The molecule has 0 aliphatic heterocycles. The van der Waals surface area contributed by atoms with E-state index in [0.29, 0.717) is 12.0 Å². The van der Waals surface area contributed by atoms with E-state index in [9.17, 15) is 19.5 Å². The summed E-state index contributed by atoms with van der Waals surface area (Å²) in [6, 6.07) is 20.0. The van der Waals surface area contributed by atoms with Crippen LogP contribution in [0.4, 0.5) is 4.79 Å². The monoisotopic (exact) mass is 743 g/mol. The van der Waals surface area contributed by atoms with Crippen molar-refractivity contribution in [1.29, 1.82) is 0 Å². The number of benzene rings is 3. The number of aromatic hydroxyl groups is 1. The first-order valence-corrected chi connectivity index (χ1v) is 19.2. The van der Waals surface area contributed by atoms with Gasteiger partial charge in [0.15, 0.2) is 0 Å². The number of phenols is 1. The highest BCUT2D eigenvalue weighted by Crippen LogP contribution is 2.33. The van der Waals surface area contributed by atoms with Gasteiger partial charge in [0.2, 0.25) is 11.8 Å². The second kappa shape index (κ2) is 20.6. The van der Waals surface area contributed by atoms with Crippen molar-refractivity contribution in [2.45, 2.75) is 136 Å². The molecule has 3 aromatic rings. The third-order valence-electron chi connectivity index (χ3n) is 8.72. The van der Waals surface area contributed by atoms with Gasteiger partial charge < -0.3 is 30.1 Å². The second-order valence-corrected chi connectivity index (χ2v) is 15.9. The van der Waals surface area contributed by atoms with E-state index in [4.69, 9.17) is 9.47 Å². The molecule has 0 aliphatic rings. The molecule has 3 N–H and O–H groups in total. The zero-order chi connectivity index (χ0) is 39.9. The van der Waals surface area contributed by atoms with Crippen molar-refractivity contribution in [2.75, 3.05) is 6.54 Å². The van der Waals surface area contributed by atoms with E-state index in [1.165, 1.54) is 4.90 Å². The predicted molar refractivity (Wildman–Crippen MR) is 212 cm³/mol. The Balaban J connectivity index is 2.15. The van der Waals surface area contributed by atoms with E-state index in [-0.39, 0.29) is 30.7 Å². The Bertz CT molecular complexity index is 1650. The lowest BCUT2D eigenvalue weighted by molar-refractivity contribution is -0.159. The zero-order valence-corrected chi connectivity index (χ0v) is 33.4. The Kier molecular flexibility index (Phi) is 16.6. The van der Waals surface area contributed by atoms with Crippen molar-refractivity contribution in [2.24, 2.45) is 0 Å². The minimum Gasteiger partial charge on any atom is -0.507 e. The first-order valence-electron chi connectivity index (χ1n) is 19.2. The Morgan fingerprint density at radius 2 is 1.22 bits per heavy atom. The van der Waals surface area contributed by atoms with Crippen LogP contribution in [0.1, 0.15) is 115 Å². The first-order chi connectivity index (χ1) is 25.5. The summed E-state index contributed by atoms with van der Waals surface area (Å²) in [5.74, 6) is -1.97. The molecule has 0 saturated heterocycles. The summed E-state index contributed by atoms with van der Waals surface area (Å²) in [5, 5.41) is 17.2. The fourth-order valence-corrected chi connectivity index (χ4v) is 6.15. The second-order valence-electron chi connectivity index (χ2n) is 15.9. The Morgan fingerprint density at radius 1 is 0.685 bits per heavy atom. The van der Waals surface area contributed by atoms with Crippen LogP contribution >= 0.6 is 0 Å². The lowest BCUT2D eigenvalue weighted by atomic mass is 9.96. The van der Waals surface area contributed by atoms with Gasteiger partial charge in [-0.05, 0) is 71.6 Å². The Hall–Kier alpha value is -4.86. The highest BCUT2D eigenvalue weighted by molar-refractivity contribution is 5.94.